The van der Waals surface area contributed by atoms with Gasteiger partial charge < -0.3 is 19.9 Å². The standard InChI is InChI=1S/C23H35N5O2/c1-18-25-21-9-7-8-20(22(21)23(29)26-18)24-10-5-3-2-4-6-11-27-12-14-28(15-13-27)19-16-30-17-19/h7-9,19,24H,2-6,10-17H2,1H3,(H,25,26,29). The lowest BCUT2D eigenvalue weighted by atomic mass is 10.1. The van der Waals surface area contributed by atoms with E-state index >= 15 is 0 Å². The first kappa shape index (κ1) is 21.3. The summed E-state index contributed by atoms with van der Waals surface area (Å²) in [5, 5.41) is 4.09. The molecule has 4 rings (SSSR count). The largest absolute Gasteiger partial charge is 0.384 e. The number of hydrogen-bond acceptors (Lipinski definition) is 6. The monoisotopic (exact) mass is 413 g/mol. The second-order valence-electron chi connectivity index (χ2n) is 8.61. The number of H-pyrrole nitrogens is 1. The molecule has 0 atom stereocenters. The van der Waals surface area contributed by atoms with E-state index in [2.05, 4.69) is 25.1 Å². The molecule has 2 aromatic rings. The normalized spacial score (nSPS) is 18.6. The molecule has 0 saturated carbocycles. The fourth-order valence-electron chi connectivity index (χ4n) is 4.45. The Balaban J connectivity index is 1.08. The molecule has 2 saturated heterocycles. The number of unbranched alkanes of at least 4 members (excludes halogenated alkanes) is 4. The molecule has 2 fully saturated rings. The van der Waals surface area contributed by atoms with Crippen molar-refractivity contribution in [3.05, 3.63) is 34.4 Å². The van der Waals surface area contributed by atoms with Gasteiger partial charge in [0, 0.05) is 38.4 Å². The van der Waals surface area contributed by atoms with Gasteiger partial charge in [-0.2, -0.15) is 0 Å². The van der Waals surface area contributed by atoms with Crippen molar-refractivity contribution in [3.8, 4) is 0 Å². The third kappa shape index (κ3) is 5.39. The average Bonchev–Trinajstić information content (AvgIpc) is 2.69. The van der Waals surface area contributed by atoms with Crippen LogP contribution in [0.2, 0.25) is 0 Å². The number of nitrogens with zero attached hydrogens (tertiary/aromatic N) is 3. The first-order chi connectivity index (χ1) is 14.7. The van der Waals surface area contributed by atoms with Crippen LogP contribution in [-0.2, 0) is 4.74 Å². The van der Waals surface area contributed by atoms with Crippen LogP contribution in [0.25, 0.3) is 10.9 Å². The zero-order chi connectivity index (χ0) is 20.8. The van der Waals surface area contributed by atoms with Crippen LogP contribution in [0.3, 0.4) is 0 Å². The van der Waals surface area contributed by atoms with E-state index in [1.165, 1.54) is 58.4 Å². The Morgan fingerprint density at radius 3 is 2.63 bits per heavy atom. The molecule has 2 aliphatic heterocycles. The van der Waals surface area contributed by atoms with Gasteiger partial charge in [-0.15, -0.1) is 0 Å². The summed E-state index contributed by atoms with van der Waals surface area (Å²) in [7, 11) is 0. The van der Waals surface area contributed by atoms with Gasteiger partial charge in [0.1, 0.15) is 5.82 Å². The zero-order valence-corrected chi connectivity index (χ0v) is 18.2. The lowest BCUT2D eigenvalue weighted by Gasteiger charge is -2.42. The van der Waals surface area contributed by atoms with E-state index in [0.29, 0.717) is 17.3 Å². The Hall–Kier alpha value is -1.96. The van der Waals surface area contributed by atoms with Crippen molar-refractivity contribution in [2.45, 2.75) is 45.1 Å². The predicted octanol–water partition coefficient (Wildman–Crippen LogP) is 2.61. The lowest BCUT2D eigenvalue weighted by Crippen LogP contribution is -2.56. The number of aromatic amines is 1. The summed E-state index contributed by atoms with van der Waals surface area (Å²) in [6, 6.07) is 6.50. The maximum absolute atomic E-state index is 12.3. The first-order valence-corrected chi connectivity index (χ1v) is 11.5. The number of fused-ring (bicyclic) bond motifs is 1. The molecule has 7 heteroatoms. The molecule has 164 valence electrons. The fraction of sp³-hybridized carbons (Fsp3) is 0.652. The van der Waals surface area contributed by atoms with E-state index in [1.807, 2.05) is 25.1 Å². The molecule has 0 radical (unpaired) electrons. The van der Waals surface area contributed by atoms with Crippen LogP contribution in [0.15, 0.2) is 23.0 Å². The minimum atomic E-state index is -0.0672. The smallest absolute Gasteiger partial charge is 0.260 e. The van der Waals surface area contributed by atoms with Crippen LogP contribution in [0.5, 0.6) is 0 Å². The van der Waals surface area contributed by atoms with Crippen molar-refractivity contribution in [1.82, 2.24) is 19.8 Å². The van der Waals surface area contributed by atoms with Crippen LogP contribution < -0.4 is 10.9 Å². The number of hydrogen-bond donors (Lipinski definition) is 2. The minimum Gasteiger partial charge on any atom is -0.384 e. The maximum atomic E-state index is 12.3. The number of benzene rings is 1. The van der Waals surface area contributed by atoms with Crippen LogP contribution in [0, 0.1) is 6.92 Å². The van der Waals surface area contributed by atoms with Gasteiger partial charge in [0.05, 0.1) is 30.2 Å². The third-order valence-corrected chi connectivity index (χ3v) is 6.36. The molecule has 7 nitrogen and oxygen atoms in total. The zero-order valence-electron chi connectivity index (χ0n) is 18.2. The third-order valence-electron chi connectivity index (χ3n) is 6.36. The molecular weight excluding hydrogens is 378 g/mol. The van der Waals surface area contributed by atoms with Crippen molar-refractivity contribution >= 4 is 16.6 Å². The molecule has 30 heavy (non-hydrogen) atoms. The highest BCUT2D eigenvalue weighted by molar-refractivity contribution is 5.90. The lowest BCUT2D eigenvalue weighted by molar-refractivity contribution is -0.0768. The molecule has 0 spiro atoms. The van der Waals surface area contributed by atoms with Gasteiger partial charge in [0.2, 0.25) is 0 Å². The molecular formula is C23H35N5O2. The number of ether oxygens (including phenoxy) is 1. The van der Waals surface area contributed by atoms with Crippen molar-refractivity contribution in [2.24, 2.45) is 0 Å². The number of nitrogens with one attached hydrogen (secondary N) is 2. The number of rotatable bonds is 10. The van der Waals surface area contributed by atoms with Crippen LogP contribution in [-0.4, -0.2) is 78.3 Å². The second-order valence-corrected chi connectivity index (χ2v) is 8.61. The summed E-state index contributed by atoms with van der Waals surface area (Å²) in [6.45, 7) is 10.6. The number of anilines is 1. The molecule has 1 aromatic heterocycles. The van der Waals surface area contributed by atoms with Crippen molar-refractivity contribution in [2.75, 3.05) is 57.8 Å². The molecule has 1 aromatic carbocycles. The molecule has 0 amide bonds. The van der Waals surface area contributed by atoms with E-state index < -0.39 is 0 Å². The highest BCUT2D eigenvalue weighted by Crippen LogP contribution is 2.18. The van der Waals surface area contributed by atoms with Gasteiger partial charge in [0.15, 0.2) is 0 Å². The van der Waals surface area contributed by atoms with E-state index in [9.17, 15) is 4.79 Å². The second kappa shape index (κ2) is 10.4. The van der Waals surface area contributed by atoms with E-state index in [1.54, 1.807) is 0 Å². The van der Waals surface area contributed by atoms with Gasteiger partial charge in [-0.05, 0) is 38.4 Å². The number of piperazine rings is 1. The SMILES string of the molecule is Cc1nc2cccc(NCCCCCCCN3CCN(C4COC4)CC3)c2c(=O)[nH]1. The van der Waals surface area contributed by atoms with Gasteiger partial charge in [0.25, 0.3) is 5.56 Å². The topological polar surface area (TPSA) is 73.5 Å². The van der Waals surface area contributed by atoms with Crippen molar-refractivity contribution < 1.29 is 4.74 Å². The Bertz CT molecular complexity index is 872. The average molecular weight is 414 g/mol. The summed E-state index contributed by atoms with van der Waals surface area (Å²) >= 11 is 0. The Labute approximate surface area is 178 Å². The molecule has 2 N–H and O–H groups in total. The Kier molecular flexibility index (Phi) is 7.36. The van der Waals surface area contributed by atoms with Crippen LogP contribution in [0.4, 0.5) is 5.69 Å². The Morgan fingerprint density at radius 1 is 1.10 bits per heavy atom. The number of aryl methyl sites for hydroxylation is 1. The molecule has 3 heterocycles. The van der Waals surface area contributed by atoms with Gasteiger partial charge in [-0.3, -0.25) is 9.69 Å². The first-order valence-electron chi connectivity index (χ1n) is 11.5. The minimum absolute atomic E-state index is 0.0672. The van der Waals surface area contributed by atoms with Crippen molar-refractivity contribution in [3.63, 3.8) is 0 Å². The van der Waals surface area contributed by atoms with Crippen LogP contribution in [0.1, 0.15) is 37.9 Å². The molecule has 2 aliphatic rings. The highest BCUT2D eigenvalue weighted by Gasteiger charge is 2.28. The summed E-state index contributed by atoms with van der Waals surface area (Å²) in [4.78, 5) is 24.7. The predicted molar refractivity (Wildman–Crippen MR) is 121 cm³/mol. The maximum Gasteiger partial charge on any atom is 0.260 e. The van der Waals surface area contributed by atoms with Crippen molar-refractivity contribution in [1.29, 1.82) is 0 Å². The molecule has 0 bridgehead atoms. The van der Waals surface area contributed by atoms with Gasteiger partial charge >= 0.3 is 0 Å². The fourth-order valence-corrected chi connectivity index (χ4v) is 4.45. The quantitative estimate of drug-likeness (QED) is 0.584. The summed E-state index contributed by atoms with van der Waals surface area (Å²) in [6.07, 6.45) is 6.21. The van der Waals surface area contributed by atoms with Gasteiger partial charge in [-0.25, -0.2) is 4.98 Å². The molecule has 0 aliphatic carbocycles. The van der Waals surface area contributed by atoms with E-state index in [-0.39, 0.29) is 5.56 Å². The summed E-state index contributed by atoms with van der Waals surface area (Å²) in [5.41, 5.74) is 1.57. The summed E-state index contributed by atoms with van der Waals surface area (Å²) in [5.74, 6) is 0.652. The summed E-state index contributed by atoms with van der Waals surface area (Å²) < 4.78 is 5.31. The van der Waals surface area contributed by atoms with E-state index in [0.717, 1.165) is 37.4 Å². The Morgan fingerprint density at radius 2 is 1.87 bits per heavy atom. The molecule has 0 unspecified atom stereocenters. The number of aromatic nitrogens is 2. The van der Waals surface area contributed by atoms with Gasteiger partial charge in [-0.1, -0.05) is 25.3 Å². The van der Waals surface area contributed by atoms with E-state index in [4.69, 9.17) is 4.74 Å². The van der Waals surface area contributed by atoms with Crippen LogP contribution >= 0.6 is 0 Å². The highest BCUT2D eigenvalue weighted by atomic mass is 16.5.